The van der Waals surface area contributed by atoms with Gasteiger partial charge in [-0.15, -0.1) is 5.10 Å². The molecule has 1 aromatic heterocycles. The number of tetrazole rings is 1. The minimum absolute atomic E-state index is 0.0299. The van der Waals surface area contributed by atoms with Crippen LogP contribution in [0.1, 0.15) is 17.3 Å². The zero-order chi connectivity index (χ0) is 13.0. The lowest BCUT2D eigenvalue weighted by Crippen LogP contribution is -2.05. The van der Waals surface area contributed by atoms with E-state index in [-0.39, 0.29) is 5.78 Å². The summed E-state index contributed by atoms with van der Waals surface area (Å²) in [5, 5.41) is 12.5. The lowest BCUT2D eigenvalue weighted by atomic mass is 10.1. The molecule has 2 rings (SSSR count). The van der Waals surface area contributed by atoms with Crippen LogP contribution in [0, 0.1) is 0 Å². The number of nitrogens with zero attached hydrogens (tertiary/aromatic N) is 4. The summed E-state index contributed by atoms with van der Waals surface area (Å²) in [5.41, 5.74) is 0.641. The molecule has 0 unspecified atom stereocenters. The second-order valence-electron chi connectivity index (χ2n) is 3.50. The van der Waals surface area contributed by atoms with Crippen molar-refractivity contribution < 1.29 is 4.79 Å². The Morgan fingerprint density at radius 2 is 2.11 bits per heavy atom. The fourth-order valence-corrected chi connectivity index (χ4v) is 2.31. The van der Waals surface area contributed by atoms with Crippen molar-refractivity contribution in [2.75, 3.05) is 5.75 Å². The molecular weight excluding hydrogens is 272 g/mol. The quantitative estimate of drug-likeness (QED) is 0.622. The van der Waals surface area contributed by atoms with Crippen LogP contribution in [-0.2, 0) is 6.54 Å². The molecule has 0 aliphatic heterocycles. The average Bonchev–Trinajstić information content (AvgIpc) is 2.84. The first-order chi connectivity index (χ1) is 8.70. The molecule has 0 spiro atoms. The molecule has 0 atom stereocenters. The lowest BCUT2D eigenvalue weighted by Gasteiger charge is -2.01. The highest BCUT2D eigenvalue weighted by atomic mass is 35.5. The number of benzene rings is 1. The highest BCUT2D eigenvalue weighted by Gasteiger charge is 2.10. The molecular formula is C11H11ClN4OS. The van der Waals surface area contributed by atoms with Gasteiger partial charge in [0.05, 0.1) is 5.75 Å². The van der Waals surface area contributed by atoms with E-state index < -0.39 is 0 Å². The summed E-state index contributed by atoms with van der Waals surface area (Å²) in [6.07, 6.45) is 0. The minimum Gasteiger partial charge on any atom is -0.293 e. The molecule has 7 heteroatoms. The van der Waals surface area contributed by atoms with E-state index in [1.807, 2.05) is 6.92 Å². The van der Waals surface area contributed by atoms with Crippen molar-refractivity contribution in [3.63, 3.8) is 0 Å². The first-order valence-corrected chi connectivity index (χ1v) is 6.74. The van der Waals surface area contributed by atoms with E-state index >= 15 is 0 Å². The number of hydrogen-bond acceptors (Lipinski definition) is 5. The summed E-state index contributed by atoms with van der Waals surface area (Å²) < 4.78 is 1.65. The second-order valence-corrected chi connectivity index (χ2v) is 4.87. The van der Waals surface area contributed by atoms with Gasteiger partial charge in [0.2, 0.25) is 5.16 Å². The Hall–Kier alpha value is -1.40. The molecule has 0 aliphatic rings. The molecule has 0 bridgehead atoms. The molecule has 0 N–H and O–H groups in total. The summed E-state index contributed by atoms with van der Waals surface area (Å²) in [6.45, 7) is 2.63. The molecule has 0 aliphatic carbocycles. The highest BCUT2D eigenvalue weighted by molar-refractivity contribution is 7.99. The summed E-state index contributed by atoms with van der Waals surface area (Å²) in [7, 11) is 0. The van der Waals surface area contributed by atoms with Gasteiger partial charge in [-0.25, -0.2) is 4.68 Å². The third kappa shape index (κ3) is 3.08. The zero-order valence-electron chi connectivity index (χ0n) is 9.71. The first-order valence-electron chi connectivity index (χ1n) is 5.38. The average molecular weight is 283 g/mol. The maximum atomic E-state index is 11.9. The number of halogens is 1. The third-order valence-electron chi connectivity index (χ3n) is 2.30. The van der Waals surface area contributed by atoms with Crippen LogP contribution in [0.2, 0.25) is 5.02 Å². The molecule has 2 aromatic rings. The number of rotatable bonds is 5. The van der Waals surface area contributed by atoms with Gasteiger partial charge in [-0.05, 0) is 41.6 Å². The Balaban J connectivity index is 1.98. The first kappa shape index (κ1) is 13.0. The normalized spacial score (nSPS) is 10.6. The van der Waals surface area contributed by atoms with Gasteiger partial charge in [-0.1, -0.05) is 23.4 Å². The number of thioether (sulfide) groups is 1. The lowest BCUT2D eigenvalue weighted by molar-refractivity contribution is 0.102. The van der Waals surface area contributed by atoms with Crippen LogP contribution in [0.15, 0.2) is 29.4 Å². The van der Waals surface area contributed by atoms with Gasteiger partial charge in [0, 0.05) is 17.1 Å². The summed E-state index contributed by atoms with van der Waals surface area (Å²) >= 11 is 7.10. The molecule has 1 heterocycles. The van der Waals surface area contributed by atoms with E-state index in [4.69, 9.17) is 11.6 Å². The number of hydrogen-bond donors (Lipinski definition) is 0. The van der Waals surface area contributed by atoms with E-state index in [1.54, 1.807) is 28.9 Å². The Kier molecular flexibility index (Phi) is 4.33. The molecule has 0 saturated carbocycles. The number of carbonyl (C=O) groups excluding carboxylic acids is 1. The topological polar surface area (TPSA) is 60.7 Å². The predicted molar refractivity (Wildman–Crippen MR) is 70.0 cm³/mol. The van der Waals surface area contributed by atoms with Crippen LogP contribution >= 0.6 is 23.4 Å². The van der Waals surface area contributed by atoms with Gasteiger partial charge in [0.1, 0.15) is 0 Å². The van der Waals surface area contributed by atoms with Crippen molar-refractivity contribution in [3.05, 3.63) is 34.9 Å². The second kappa shape index (κ2) is 5.97. The number of carbonyl (C=O) groups is 1. The molecule has 0 amide bonds. The number of aryl methyl sites for hydroxylation is 1. The van der Waals surface area contributed by atoms with E-state index in [2.05, 4.69) is 15.5 Å². The molecule has 18 heavy (non-hydrogen) atoms. The smallest absolute Gasteiger partial charge is 0.209 e. The van der Waals surface area contributed by atoms with Crippen molar-refractivity contribution in [2.24, 2.45) is 0 Å². The predicted octanol–water partition coefficient (Wildman–Crippen LogP) is 2.32. The molecule has 1 aromatic carbocycles. The van der Waals surface area contributed by atoms with E-state index in [0.717, 1.165) is 0 Å². The van der Waals surface area contributed by atoms with Gasteiger partial charge in [0.25, 0.3) is 0 Å². The summed E-state index contributed by atoms with van der Waals surface area (Å²) in [6, 6.07) is 6.84. The van der Waals surface area contributed by atoms with Crippen molar-refractivity contribution in [1.29, 1.82) is 0 Å². The molecule has 0 saturated heterocycles. The molecule has 94 valence electrons. The fraction of sp³-hybridized carbons (Fsp3) is 0.273. The van der Waals surface area contributed by atoms with Crippen LogP contribution in [0.4, 0.5) is 0 Å². The highest BCUT2D eigenvalue weighted by Crippen LogP contribution is 2.17. The Morgan fingerprint density at radius 1 is 1.39 bits per heavy atom. The van der Waals surface area contributed by atoms with Crippen molar-refractivity contribution in [1.82, 2.24) is 20.2 Å². The maximum Gasteiger partial charge on any atom is 0.209 e. The van der Waals surface area contributed by atoms with Crippen LogP contribution in [0.3, 0.4) is 0 Å². The van der Waals surface area contributed by atoms with Crippen LogP contribution < -0.4 is 0 Å². The summed E-state index contributed by atoms with van der Waals surface area (Å²) in [5.74, 6) is 0.337. The van der Waals surface area contributed by atoms with Crippen LogP contribution in [0.25, 0.3) is 0 Å². The Morgan fingerprint density at radius 3 is 2.78 bits per heavy atom. The molecule has 5 nitrogen and oxygen atoms in total. The Labute approximate surface area is 114 Å². The van der Waals surface area contributed by atoms with E-state index in [0.29, 0.717) is 28.0 Å². The molecule has 0 radical (unpaired) electrons. The number of ketones is 1. The van der Waals surface area contributed by atoms with Crippen molar-refractivity contribution in [2.45, 2.75) is 18.6 Å². The summed E-state index contributed by atoms with van der Waals surface area (Å²) in [4.78, 5) is 11.9. The van der Waals surface area contributed by atoms with Crippen molar-refractivity contribution >= 4 is 29.1 Å². The van der Waals surface area contributed by atoms with Gasteiger partial charge >= 0.3 is 0 Å². The van der Waals surface area contributed by atoms with Crippen LogP contribution in [-0.4, -0.2) is 31.7 Å². The SMILES string of the molecule is CCn1nnnc1SCC(=O)c1ccc(Cl)cc1. The van der Waals surface area contributed by atoms with Gasteiger partial charge in [0.15, 0.2) is 5.78 Å². The number of Topliss-reactive ketones (excluding diaryl/α,β-unsaturated/α-hetero) is 1. The largest absolute Gasteiger partial charge is 0.293 e. The standard InChI is InChI=1S/C11H11ClN4OS/c1-2-16-11(13-14-15-16)18-7-10(17)8-3-5-9(12)6-4-8/h3-6H,2,7H2,1H3. The zero-order valence-corrected chi connectivity index (χ0v) is 11.3. The number of aromatic nitrogens is 4. The van der Waals surface area contributed by atoms with Crippen LogP contribution in [0.5, 0.6) is 0 Å². The van der Waals surface area contributed by atoms with E-state index in [9.17, 15) is 4.79 Å². The van der Waals surface area contributed by atoms with Gasteiger partial charge < -0.3 is 0 Å². The van der Waals surface area contributed by atoms with Crippen molar-refractivity contribution in [3.8, 4) is 0 Å². The Bertz CT molecular complexity index is 540. The third-order valence-corrected chi connectivity index (χ3v) is 3.51. The van der Waals surface area contributed by atoms with Gasteiger partial charge in [-0.2, -0.15) is 0 Å². The monoisotopic (exact) mass is 282 g/mol. The molecule has 0 fully saturated rings. The fourth-order valence-electron chi connectivity index (χ4n) is 1.35. The van der Waals surface area contributed by atoms with Gasteiger partial charge in [-0.3, -0.25) is 4.79 Å². The minimum atomic E-state index is 0.0299. The maximum absolute atomic E-state index is 11.9. The van der Waals surface area contributed by atoms with E-state index in [1.165, 1.54) is 11.8 Å².